The summed E-state index contributed by atoms with van der Waals surface area (Å²) in [6.07, 6.45) is 0.920. The van der Waals surface area contributed by atoms with Crippen LogP contribution in [0.15, 0.2) is 10.6 Å². The van der Waals surface area contributed by atoms with E-state index >= 15 is 0 Å². The first kappa shape index (κ1) is 18.9. The predicted octanol–water partition coefficient (Wildman–Crippen LogP) is -2.70. The van der Waals surface area contributed by atoms with Gasteiger partial charge in [-0.05, 0) is 0 Å². The van der Waals surface area contributed by atoms with E-state index in [2.05, 4.69) is 5.73 Å². The van der Waals surface area contributed by atoms with E-state index < -0.39 is 5.91 Å². The number of halogens is 4. The lowest BCUT2D eigenvalue weighted by Crippen LogP contribution is -2.05. The van der Waals surface area contributed by atoms with Crippen LogP contribution in [0.25, 0.3) is 0 Å². The number of carbonyl (C=O) groups is 1. The summed E-state index contributed by atoms with van der Waals surface area (Å²) in [7, 11) is 0. The summed E-state index contributed by atoms with van der Waals surface area (Å²) < 4.78 is 30.3. The molecule has 0 radical (unpaired) electrons. The Hall–Kier alpha value is 0.210. The Kier molecular flexibility index (Phi) is 26.3. The van der Waals surface area contributed by atoms with Crippen LogP contribution >= 0.6 is 23.2 Å². The molecule has 0 spiro atoms. The fraction of sp³-hybridized carbons (Fsp3) is 0. The van der Waals surface area contributed by atoms with Crippen molar-refractivity contribution in [3.63, 3.8) is 0 Å². The highest BCUT2D eigenvalue weighted by molar-refractivity contribution is 6.56. The zero-order valence-electron chi connectivity index (χ0n) is 5.79. The van der Waals surface area contributed by atoms with Crippen LogP contribution in [0.2, 0.25) is 0 Å². The quantitative estimate of drug-likeness (QED) is 0.449. The van der Waals surface area contributed by atoms with Crippen molar-refractivity contribution < 1.29 is 46.1 Å². The Morgan fingerprint density at radius 1 is 1.31 bits per heavy atom. The zero-order chi connectivity index (χ0) is 11.3. The van der Waals surface area contributed by atoms with Gasteiger partial charge in [-0.1, -0.05) is 23.2 Å². The molecule has 0 fully saturated rings. The molecule has 0 saturated carbocycles. The number of hydrogen-bond acceptors (Lipinski definition) is 5. The van der Waals surface area contributed by atoms with Gasteiger partial charge < -0.3 is 15.1 Å². The second kappa shape index (κ2) is 18.1. The molecule has 4 N–H and O–H groups in total. The van der Waals surface area contributed by atoms with Gasteiger partial charge in [0.05, 0.1) is 0 Å². The smallest absolute Gasteiger partial charge is 0.327 e. The summed E-state index contributed by atoms with van der Waals surface area (Å²) in [5.41, 5.74) is 4.61. The minimum atomic E-state index is -0.639. The van der Waals surface area contributed by atoms with Gasteiger partial charge in [0, 0.05) is 6.08 Å². The SMILES string of the molecule is NC(=O)C=C(Cl)Cl.[O-][Cl+]O.[O-][Cl+]O. The molecule has 0 atom stereocenters. The Morgan fingerprint density at radius 3 is 1.54 bits per heavy atom. The summed E-state index contributed by atoms with van der Waals surface area (Å²) in [4.78, 5) is 9.79. The monoisotopic (exact) mass is 275 g/mol. The minimum absolute atomic E-state index is 0.118. The van der Waals surface area contributed by atoms with Gasteiger partial charge in [0.25, 0.3) is 0 Å². The number of nitrogens with two attached hydrogens (primary N) is 1. The number of primary amides is 1. The van der Waals surface area contributed by atoms with Crippen LogP contribution in [0, 0.1) is 22.7 Å². The maximum atomic E-state index is 9.79. The molecule has 80 valence electrons. The second-order valence-electron chi connectivity index (χ2n) is 0.974. The normalized spacial score (nSPS) is 6.92. The van der Waals surface area contributed by atoms with E-state index in [1.165, 1.54) is 0 Å². The van der Waals surface area contributed by atoms with Gasteiger partial charge in [0.1, 0.15) is 4.49 Å². The van der Waals surface area contributed by atoms with Gasteiger partial charge in [0.15, 0.2) is 0 Å². The van der Waals surface area contributed by atoms with Gasteiger partial charge in [-0.3, -0.25) is 4.79 Å². The third kappa shape index (κ3) is 71.8. The molecule has 0 aliphatic carbocycles. The van der Waals surface area contributed by atoms with Crippen LogP contribution in [0.4, 0.5) is 0 Å². The van der Waals surface area contributed by atoms with Crippen LogP contribution in [0.3, 0.4) is 0 Å². The third-order valence-electron chi connectivity index (χ3n) is 0.251. The van der Waals surface area contributed by atoms with Crippen LogP contribution in [-0.2, 0) is 4.79 Å². The van der Waals surface area contributed by atoms with Crippen molar-refractivity contribution in [1.82, 2.24) is 0 Å². The van der Waals surface area contributed by atoms with Gasteiger partial charge >= 0.3 is 22.7 Å². The highest BCUT2D eigenvalue weighted by Crippen LogP contribution is 2.03. The van der Waals surface area contributed by atoms with Crippen molar-refractivity contribution in [2.75, 3.05) is 0 Å². The molecule has 6 nitrogen and oxygen atoms in total. The lowest BCUT2D eigenvalue weighted by atomic mass is 10.6. The van der Waals surface area contributed by atoms with Crippen LogP contribution in [0.5, 0.6) is 0 Å². The van der Waals surface area contributed by atoms with Gasteiger partial charge in [-0.2, -0.15) is 0 Å². The number of amides is 1. The second-order valence-corrected chi connectivity index (χ2v) is 2.26. The lowest BCUT2D eigenvalue weighted by molar-refractivity contribution is -1.27. The number of carbonyl (C=O) groups excluding carboxylic acids is 1. The van der Waals surface area contributed by atoms with Crippen molar-refractivity contribution in [2.45, 2.75) is 0 Å². The van der Waals surface area contributed by atoms with Gasteiger partial charge in [-0.25, -0.2) is 0 Å². The molecule has 0 aromatic rings. The first-order valence-electron chi connectivity index (χ1n) is 2.09. The van der Waals surface area contributed by atoms with Gasteiger partial charge in [0.2, 0.25) is 5.91 Å². The molecule has 0 bridgehead atoms. The van der Waals surface area contributed by atoms with Gasteiger partial charge in [-0.15, -0.1) is 9.32 Å². The van der Waals surface area contributed by atoms with Crippen LogP contribution in [0.1, 0.15) is 0 Å². The summed E-state index contributed by atoms with van der Waals surface area (Å²) in [6.45, 7) is 0. The highest BCUT2D eigenvalue weighted by Gasteiger charge is 1.85. The average molecular weight is 277 g/mol. The predicted molar refractivity (Wildman–Crippen MR) is 33.4 cm³/mol. The molecule has 0 rings (SSSR count). The maximum Gasteiger partial charge on any atom is 0.327 e. The van der Waals surface area contributed by atoms with Crippen molar-refractivity contribution in [2.24, 2.45) is 5.73 Å². The Balaban J connectivity index is -0.000000140. The first-order chi connectivity index (χ1) is 5.95. The summed E-state index contributed by atoms with van der Waals surface area (Å²) in [5, 5.41) is 0. The highest BCUT2D eigenvalue weighted by atomic mass is 35.6. The molecule has 0 aromatic heterocycles. The minimum Gasteiger partial charge on any atom is -0.506 e. The van der Waals surface area contributed by atoms with E-state index in [4.69, 9.17) is 41.8 Å². The molecule has 13 heavy (non-hydrogen) atoms. The van der Waals surface area contributed by atoms with Crippen LogP contribution in [-0.4, -0.2) is 15.2 Å². The summed E-state index contributed by atoms with van der Waals surface area (Å²) in [5.74, 6) is -0.639. The Labute approximate surface area is 91.7 Å². The van der Waals surface area contributed by atoms with Crippen molar-refractivity contribution in [3.8, 4) is 0 Å². The van der Waals surface area contributed by atoms with E-state index in [-0.39, 0.29) is 27.1 Å². The molecule has 0 aliphatic rings. The average Bonchev–Trinajstić information content (AvgIpc) is 1.86. The number of hydrogen-bond donors (Lipinski definition) is 3. The summed E-state index contributed by atoms with van der Waals surface area (Å²) >= 11 is 9.66. The topological polar surface area (TPSA) is 130 Å². The zero-order valence-corrected chi connectivity index (χ0v) is 8.81. The molecule has 0 aliphatic heterocycles. The Morgan fingerprint density at radius 2 is 1.54 bits per heavy atom. The maximum absolute atomic E-state index is 9.79. The fourth-order valence-corrected chi connectivity index (χ4v) is 0.323. The van der Waals surface area contributed by atoms with E-state index in [1.54, 1.807) is 0 Å². The third-order valence-corrected chi connectivity index (χ3v) is 0.470. The van der Waals surface area contributed by atoms with Crippen molar-refractivity contribution in [3.05, 3.63) is 10.6 Å². The molecule has 0 aromatic carbocycles. The lowest BCUT2D eigenvalue weighted by Gasteiger charge is -1.76. The summed E-state index contributed by atoms with van der Waals surface area (Å²) in [6, 6.07) is 0. The van der Waals surface area contributed by atoms with Crippen molar-refractivity contribution in [1.29, 1.82) is 0 Å². The molecule has 0 heterocycles. The van der Waals surface area contributed by atoms with Crippen molar-refractivity contribution >= 4 is 29.1 Å². The molecule has 1 amide bonds. The van der Waals surface area contributed by atoms with E-state index in [0.717, 1.165) is 6.08 Å². The molecule has 10 heteroatoms. The largest absolute Gasteiger partial charge is 0.506 e. The fourth-order valence-electron chi connectivity index (χ4n) is 0.108. The molecular formula is C3H5Cl4NO5. The molecule has 0 saturated heterocycles. The van der Waals surface area contributed by atoms with E-state index in [0.29, 0.717) is 0 Å². The van der Waals surface area contributed by atoms with Crippen LogP contribution < -0.4 is 15.1 Å². The van der Waals surface area contributed by atoms with E-state index in [9.17, 15) is 4.79 Å². The van der Waals surface area contributed by atoms with E-state index in [1.807, 2.05) is 0 Å². The molecule has 0 unspecified atom stereocenters. The standard InChI is InChI=1S/C3H3Cl2NO.2ClHO2/c4-2(5)1-3(6)7;2*2-1-3/h1H,(H2,6,7);2*2H. The molecular weight excluding hydrogens is 272 g/mol. The first-order valence-corrected chi connectivity index (χ1v) is 4.14. The number of rotatable bonds is 1. The Bertz CT molecular complexity index is 136.